The Morgan fingerprint density at radius 3 is 2.20 bits per heavy atom. The van der Waals surface area contributed by atoms with Gasteiger partial charge in [0.05, 0.1) is 0 Å². The van der Waals surface area contributed by atoms with Crippen LogP contribution in [0.5, 0.6) is 0 Å². The maximum absolute atomic E-state index is 4.29. The minimum atomic E-state index is 0.257. The number of aromatic nitrogens is 1. The van der Waals surface area contributed by atoms with E-state index in [1.54, 1.807) is 0 Å². The molecule has 0 N–H and O–H groups in total. The van der Waals surface area contributed by atoms with Crippen LogP contribution in [0, 0.1) is 17.3 Å². The van der Waals surface area contributed by atoms with E-state index >= 15 is 0 Å². The third-order valence-corrected chi connectivity index (χ3v) is 5.31. The van der Waals surface area contributed by atoms with E-state index in [4.69, 9.17) is 0 Å². The summed E-state index contributed by atoms with van der Waals surface area (Å²) >= 11 is 0. The van der Waals surface area contributed by atoms with Gasteiger partial charge in [0, 0.05) is 12.4 Å². The Labute approximate surface area is 125 Å². The Morgan fingerprint density at radius 1 is 1.05 bits per heavy atom. The lowest BCUT2D eigenvalue weighted by Gasteiger charge is -2.39. The van der Waals surface area contributed by atoms with E-state index in [9.17, 15) is 0 Å². The molecule has 0 spiro atoms. The molecule has 1 heterocycles. The van der Waals surface area contributed by atoms with Gasteiger partial charge in [0.2, 0.25) is 0 Å². The van der Waals surface area contributed by atoms with E-state index < -0.39 is 0 Å². The van der Waals surface area contributed by atoms with Gasteiger partial charge in [-0.25, -0.2) is 0 Å². The molecule has 1 aromatic heterocycles. The van der Waals surface area contributed by atoms with Crippen LogP contribution in [-0.4, -0.2) is 4.98 Å². The highest BCUT2D eigenvalue weighted by atomic mass is 14.6. The molecule has 0 radical (unpaired) electrons. The van der Waals surface area contributed by atoms with E-state index in [2.05, 4.69) is 51.7 Å². The monoisotopic (exact) mass is 273 g/mol. The molecular formula is C19H31N. The molecule has 20 heavy (non-hydrogen) atoms. The minimum Gasteiger partial charge on any atom is -0.264 e. The summed E-state index contributed by atoms with van der Waals surface area (Å²) < 4.78 is 0. The summed E-state index contributed by atoms with van der Waals surface area (Å²) in [5, 5.41) is 0. The van der Waals surface area contributed by atoms with Crippen LogP contribution in [0.25, 0.3) is 0 Å². The molecule has 1 nitrogen and oxygen atoms in total. The van der Waals surface area contributed by atoms with Crippen LogP contribution in [0.1, 0.15) is 72.3 Å². The fourth-order valence-electron chi connectivity index (χ4n) is 3.84. The van der Waals surface area contributed by atoms with Gasteiger partial charge < -0.3 is 0 Å². The lowest BCUT2D eigenvalue weighted by atomic mass is 9.66. The largest absolute Gasteiger partial charge is 0.264 e. The maximum Gasteiger partial charge on any atom is 0.0305 e. The molecule has 0 aliphatic heterocycles. The third-order valence-electron chi connectivity index (χ3n) is 5.31. The first-order valence-corrected chi connectivity index (χ1v) is 8.19. The van der Waals surface area contributed by atoms with Gasteiger partial charge in [-0.2, -0.15) is 0 Å². The van der Waals surface area contributed by atoms with Crippen LogP contribution in [0.15, 0.2) is 24.5 Å². The second-order valence-corrected chi connectivity index (χ2v) is 8.41. The van der Waals surface area contributed by atoms with Gasteiger partial charge in [0.15, 0.2) is 0 Å². The van der Waals surface area contributed by atoms with Crippen molar-refractivity contribution < 1.29 is 0 Å². The Balaban J connectivity index is 1.92. The van der Waals surface area contributed by atoms with E-state index in [1.807, 2.05) is 12.4 Å². The van der Waals surface area contributed by atoms with Crippen LogP contribution >= 0.6 is 0 Å². The molecule has 1 aliphatic rings. The molecule has 0 saturated heterocycles. The summed E-state index contributed by atoms with van der Waals surface area (Å²) in [5.41, 5.74) is 2.13. The number of nitrogens with zero attached hydrogens (tertiary/aromatic N) is 1. The molecule has 0 atom stereocenters. The standard InChI is InChI=1S/C19H31N/c1-18(2,3)16-10-8-15(9-11-16)13-19(4,5)17-7-6-12-20-14-17/h6-7,12,14-16H,8-11,13H2,1-5H3. The summed E-state index contributed by atoms with van der Waals surface area (Å²) in [5.74, 6) is 1.81. The molecule has 1 saturated carbocycles. The molecule has 1 aromatic rings. The third kappa shape index (κ3) is 3.84. The lowest BCUT2D eigenvalue weighted by Crippen LogP contribution is -2.29. The zero-order valence-electron chi connectivity index (χ0n) is 13.9. The van der Waals surface area contributed by atoms with Gasteiger partial charge in [-0.15, -0.1) is 0 Å². The number of hydrogen-bond acceptors (Lipinski definition) is 1. The van der Waals surface area contributed by atoms with E-state index in [-0.39, 0.29) is 5.41 Å². The number of hydrogen-bond donors (Lipinski definition) is 0. The van der Waals surface area contributed by atoms with E-state index in [1.165, 1.54) is 37.7 Å². The van der Waals surface area contributed by atoms with Crippen LogP contribution < -0.4 is 0 Å². The first kappa shape index (κ1) is 15.5. The van der Waals surface area contributed by atoms with Crippen molar-refractivity contribution in [2.24, 2.45) is 17.3 Å². The zero-order chi connectivity index (χ0) is 14.8. The number of pyridine rings is 1. The predicted molar refractivity (Wildman–Crippen MR) is 86.8 cm³/mol. The maximum atomic E-state index is 4.29. The van der Waals surface area contributed by atoms with Crippen molar-refractivity contribution >= 4 is 0 Å². The lowest BCUT2D eigenvalue weighted by molar-refractivity contribution is 0.137. The normalized spacial score (nSPS) is 24.6. The van der Waals surface area contributed by atoms with E-state index in [0.29, 0.717) is 5.41 Å². The Bertz CT molecular complexity index is 405. The Kier molecular flexibility index (Phi) is 4.56. The quantitative estimate of drug-likeness (QED) is 0.698. The topological polar surface area (TPSA) is 12.9 Å². The fraction of sp³-hybridized carbons (Fsp3) is 0.737. The fourth-order valence-corrected chi connectivity index (χ4v) is 3.84. The predicted octanol–water partition coefficient (Wildman–Crippen LogP) is 5.60. The van der Waals surface area contributed by atoms with Crippen molar-refractivity contribution in [3.05, 3.63) is 30.1 Å². The smallest absolute Gasteiger partial charge is 0.0305 e. The first-order valence-electron chi connectivity index (χ1n) is 8.19. The van der Waals surface area contributed by atoms with Gasteiger partial charge in [0.1, 0.15) is 0 Å². The molecule has 0 unspecified atom stereocenters. The summed E-state index contributed by atoms with van der Waals surface area (Å²) in [6.07, 6.45) is 10.9. The molecule has 0 bridgehead atoms. The highest BCUT2D eigenvalue weighted by Gasteiger charge is 2.32. The molecule has 0 amide bonds. The molecule has 112 valence electrons. The second kappa shape index (κ2) is 5.87. The Hall–Kier alpha value is -0.850. The van der Waals surface area contributed by atoms with Crippen molar-refractivity contribution in [2.45, 2.75) is 72.1 Å². The van der Waals surface area contributed by atoms with Gasteiger partial charge >= 0.3 is 0 Å². The van der Waals surface area contributed by atoms with Gasteiger partial charge in [-0.1, -0.05) is 53.5 Å². The molecule has 1 fully saturated rings. The van der Waals surface area contributed by atoms with Gasteiger partial charge in [-0.05, 0) is 53.6 Å². The first-order chi connectivity index (χ1) is 9.29. The van der Waals surface area contributed by atoms with Crippen molar-refractivity contribution in [3.8, 4) is 0 Å². The second-order valence-electron chi connectivity index (χ2n) is 8.41. The molecule has 0 aromatic carbocycles. The average molecular weight is 273 g/mol. The van der Waals surface area contributed by atoms with Crippen molar-refractivity contribution in [1.29, 1.82) is 0 Å². The summed E-state index contributed by atoms with van der Waals surface area (Å²) in [6, 6.07) is 4.29. The van der Waals surface area contributed by atoms with Crippen molar-refractivity contribution in [2.75, 3.05) is 0 Å². The molecular weight excluding hydrogens is 242 g/mol. The van der Waals surface area contributed by atoms with Crippen molar-refractivity contribution in [3.63, 3.8) is 0 Å². The van der Waals surface area contributed by atoms with Gasteiger partial charge in [0.25, 0.3) is 0 Å². The van der Waals surface area contributed by atoms with Gasteiger partial charge in [-0.3, -0.25) is 4.98 Å². The zero-order valence-corrected chi connectivity index (χ0v) is 13.9. The summed E-state index contributed by atoms with van der Waals surface area (Å²) in [7, 11) is 0. The van der Waals surface area contributed by atoms with Crippen LogP contribution in [-0.2, 0) is 5.41 Å². The highest BCUT2D eigenvalue weighted by molar-refractivity contribution is 5.19. The average Bonchev–Trinajstić information content (AvgIpc) is 2.39. The highest BCUT2D eigenvalue weighted by Crippen LogP contribution is 2.43. The van der Waals surface area contributed by atoms with Crippen LogP contribution in [0.3, 0.4) is 0 Å². The summed E-state index contributed by atoms with van der Waals surface area (Å²) in [6.45, 7) is 12.0. The number of rotatable bonds is 3. The minimum absolute atomic E-state index is 0.257. The van der Waals surface area contributed by atoms with E-state index in [0.717, 1.165) is 11.8 Å². The van der Waals surface area contributed by atoms with Crippen molar-refractivity contribution in [1.82, 2.24) is 4.98 Å². The molecule has 2 rings (SSSR count). The summed E-state index contributed by atoms with van der Waals surface area (Å²) in [4.78, 5) is 4.29. The molecule has 1 aliphatic carbocycles. The molecule has 1 heteroatoms. The Morgan fingerprint density at radius 2 is 1.70 bits per heavy atom. The SMILES string of the molecule is CC(C)(CC1CCC(C(C)(C)C)CC1)c1cccnc1. The van der Waals surface area contributed by atoms with Crippen LogP contribution in [0.4, 0.5) is 0 Å². The van der Waals surface area contributed by atoms with Crippen LogP contribution in [0.2, 0.25) is 0 Å².